The van der Waals surface area contributed by atoms with E-state index in [1.165, 1.54) is 6.07 Å². The fourth-order valence-corrected chi connectivity index (χ4v) is 2.78. The number of nitrogens with zero attached hydrogens (tertiary/aromatic N) is 1. The molecule has 2 N–H and O–H groups in total. The van der Waals surface area contributed by atoms with Crippen LogP contribution in [-0.2, 0) is 4.79 Å². The van der Waals surface area contributed by atoms with Crippen LogP contribution in [0.5, 0.6) is 0 Å². The first-order chi connectivity index (χ1) is 9.27. The number of hydrogen-bond donors (Lipinski definition) is 1. The van der Waals surface area contributed by atoms with Crippen molar-refractivity contribution in [2.45, 2.75) is 39.2 Å². The van der Waals surface area contributed by atoms with Gasteiger partial charge in [-0.3, -0.25) is 4.79 Å². The summed E-state index contributed by atoms with van der Waals surface area (Å²) in [6.45, 7) is 6.93. The van der Waals surface area contributed by atoms with E-state index in [4.69, 9.17) is 5.73 Å². The third-order valence-electron chi connectivity index (χ3n) is 3.73. The summed E-state index contributed by atoms with van der Waals surface area (Å²) in [6, 6.07) is 6.54. The molecule has 0 saturated carbocycles. The van der Waals surface area contributed by atoms with E-state index in [2.05, 4.69) is 0 Å². The van der Waals surface area contributed by atoms with E-state index < -0.39 is 5.41 Å². The molecule has 1 aliphatic rings. The second kappa shape index (κ2) is 5.52. The van der Waals surface area contributed by atoms with E-state index >= 15 is 0 Å². The maximum Gasteiger partial charge on any atom is 0.228 e. The standard InChI is InChI=1S/C16H23FN2O/c1-16(2,3)15(20)19-9-12(8-14(18)10-19)11-5-4-6-13(17)7-11/h4-7,12,14H,8-10,18H2,1-3H3. The molecule has 110 valence electrons. The molecule has 0 aliphatic carbocycles. The van der Waals surface area contributed by atoms with Gasteiger partial charge in [0.1, 0.15) is 5.82 Å². The molecule has 1 aromatic carbocycles. The Morgan fingerprint density at radius 2 is 2.05 bits per heavy atom. The maximum atomic E-state index is 13.4. The zero-order valence-corrected chi connectivity index (χ0v) is 12.4. The molecular weight excluding hydrogens is 255 g/mol. The predicted molar refractivity (Wildman–Crippen MR) is 77.8 cm³/mol. The molecule has 1 saturated heterocycles. The first-order valence-corrected chi connectivity index (χ1v) is 7.08. The van der Waals surface area contributed by atoms with Gasteiger partial charge in [-0.25, -0.2) is 4.39 Å². The van der Waals surface area contributed by atoms with Gasteiger partial charge in [0, 0.05) is 30.5 Å². The predicted octanol–water partition coefficient (Wildman–Crippen LogP) is 2.52. The maximum absolute atomic E-state index is 13.4. The number of piperidine rings is 1. The van der Waals surface area contributed by atoms with Gasteiger partial charge in [0.15, 0.2) is 0 Å². The van der Waals surface area contributed by atoms with E-state index in [1.54, 1.807) is 12.1 Å². The first-order valence-electron chi connectivity index (χ1n) is 7.08. The van der Waals surface area contributed by atoms with Crippen molar-refractivity contribution in [3.63, 3.8) is 0 Å². The average molecular weight is 278 g/mol. The van der Waals surface area contributed by atoms with Crippen molar-refractivity contribution in [2.75, 3.05) is 13.1 Å². The van der Waals surface area contributed by atoms with Crippen LogP contribution in [0.25, 0.3) is 0 Å². The smallest absolute Gasteiger partial charge is 0.228 e. The van der Waals surface area contributed by atoms with Gasteiger partial charge in [-0.05, 0) is 24.1 Å². The zero-order chi connectivity index (χ0) is 14.9. The number of amides is 1. The fourth-order valence-electron chi connectivity index (χ4n) is 2.78. The summed E-state index contributed by atoms with van der Waals surface area (Å²) in [5.74, 6) is -0.0230. The summed E-state index contributed by atoms with van der Waals surface area (Å²) in [5.41, 5.74) is 6.59. The van der Waals surface area contributed by atoms with Gasteiger partial charge in [0.25, 0.3) is 0 Å². The number of rotatable bonds is 1. The number of hydrogen-bond acceptors (Lipinski definition) is 2. The van der Waals surface area contributed by atoms with E-state index in [-0.39, 0.29) is 23.7 Å². The highest BCUT2D eigenvalue weighted by molar-refractivity contribution is 5.81. The Morgan fingerprint density at radius 1 is 1.35 bits per heavy atom. The molecule has 0 aromatic heterocycles. The number of nitrogens with two attached hydrogens (primary N) is 1. The van der Waals surface area contributed by atoms with Crippen LogP contribution in [-0.4, -0.2) is 29.9 Å². The van der Waals surface area contributed by atoms with Crippen LogP contribution >= 0.6 is 0 Å². The number of carbonyl (C=O) groups excluding carboxylic acids is 1. The number of benzene rings is 1. The molecule has 2 rings (SSSR count). The van der Waals surface area contributed by atoms with Gasteiger partial charge < -0.3 is 10.6 Å². The van der Waals surface area contributed by atoms with Gasteiger partial charge in [-0.2, -0.15) is 0 Å². The minimum absolute atomic E-state index is 0.0525. The van der Waals surface area contributed by atoms with E-state index in [0.29, 0.717) is 13.1 Å². The summed E-state index contributed by atoms with van der Waals surface area (Å²) < 4.78 is 13.4. The highest BCUT2D eigenvalue weighted by Gasteiger charge is 2.34. The molecular formula is C16H23FN2O. The Morgan fingerprint density at radius 3 is 2.65 bits per heavy atom. The van der Waals surface area contributed by atoms with Crippen molar-refractivity contribution in [1.82, 2.24) is 4.90 Å². The Labute approximate surface area is 120 Å². The molecule has 0 bridgehead atoms. The lowest BCUT2D eigenvalue weighted by Gasteiger charge is -2.39. The monoisotopic (exact) mass is 278 g/mol. The first kappa shape index (κ1) is 15.0. The molecule has 4 heteroatoms. The Hall–Kier alpha value is -1.42. The van der Waals surface area contributed by atoms with Gasteiger partial charge >= 0.3 is 0 Å². The van der Waals surface area contributed by atoms with Gasteiger partial charge in [-0.1, -0.05) is 32.9 Å². The molecule has 1 aliphatic heterocycles. The lowest BCUT2D eigenvalue weighted by Crippen LogP contribution is -2.51. The lowest BCUT2D eigenvalue weighted by atomic mass is 9.86. The quantitative estimate of drug-likeness (QED) is 0.858. The van der Waals surface area contributed by atoms with Gasteiger partial charge in [-0.15, -0.1) is 0 Å². The zero-order valence-electron chi connectivity index (χ0n) is 12.4. The topological polar surface area (TPSA) is 46.3 Å². The second-order valence-electron chi connectivity index (χ2n) is 6.71. The Balaban J connectivity index is 2.18. The Bertz CT molecular complexity index is 495. The number of carbonyl (C=O) groups is 1. The third-order valence-corrected chi connectivity index (χ3v) is 3.73. The molecule has 2 atom stereocenters. The average Bonchev–Trinajstić information content (AvgIpc) is 2.36. The highest BCUT2D eigenvalue weighted by Crippen LogP contribution is 2.29. The molecule has 0 spiro atoms. The molecule has 3 nitrogen and oxygen atoms in total. The van der Waals surface area contributed by atoms with E-state index in [0.717, 1.165) is 12.0 Å². The minimum Gasteiger partial charge on any atom is -0.340 e. The van der Waals surface area contributed by atoms with Crippen LogP contribution in [0.3, 0.4) is 0 Å². The third kappa shape index (κ3) is 3.37. The molecule has 1 amide bonds. The lowest BCUT2D eigenvalue weighted by molar-refractivity contribution is -0.141. The second-order valence-corrected chi connectivity index (χ2v) is 6.71. The Kier molecular flexibility index (Phi) is 4.14. The SMILES string of the molecule is CC(C)(C)C(=O)N1CC(N)CC(c2cccc(F)c2)C1. The van der Waals surface area contributed by atoms with Crippen molar-refractivity contribution in [3.8, 4) is 0 Å². The van der Waals surface area contributed by atoms with Crippen LogP contribution in [0.2, 0.25) is 0 Å². The molecule has 1 aromatic rings. The van der Waals surface area contributed by atoms with E-state index in [9.17, 15) is 9.18 Å². The molecule has 20 heavy (non-hydrogen) atoms. The summed E-state index contributed by atoms with van der Waals surface area (Å²) in [7, 11) is 0. The normalized spacial score (nSPS) is 23.8. The summed E-state index contributed by atoms with van der Waals surface area (Å²) >= 11 is 0. The molecule has 0 radical (unpaired) electrons. The van der Waals surface area contributed by atoms with Crippen molar-refractivity contribution in [1.29, 1.82) is 0 Å². The van der Waals surface area contributed by atoms with Gasteiger partial charge in [0.2, 0.25) is 5.91 Å². The van der Waals surface area contributed by atoms with Crippen molar-refractivity contribution in [2.24, 2.45) is 11.1 Å². The minimum atomic E-state index is -0.413. The van der Waals surface area contributed by atoms with Crippen LogP contribution in [0.1, 0.15) is 38.7 Å². The summed E-state index contributed by atoms with van der Waals surface area (Å²) in [6.07, 6.45) is 0.789. The van der Waals surface area contributed by atoms with Crippen LogP contribution < -0.4 is 5.73 Å². The van der Waals surface area contributed by atoms with Crippen LogP contribution in [0.4, 0.5) is 4.39 Å². The molecule has 1 fully saturated rings. The fraction of sp³-hybridized carbons (Fsp3) is 0.562. The van der Waals surface area contributed by atoms with Crippen molar-refractivity contribution < 1.29 is 9.18 Å². The summed E-state index contributed by atoms with van der Waals surface area (Å²) in [4.78, 5) is 14.2. The van der Waals surface area contributed by atoms with Crippen molar-refractivity contribution in [3.05, 3.63) is 35.6 Å². The van der Waals surface area contributed by atoms with E-state index in [1.807, 2.05) is 31.7 Å². The van der Waals surface area contributed by atoms with Crippen molar-refractivity contribution >= 4 is 5.91 Å². The van der Waals surface area contributed by atoms with Gasteiger partial charge in [0.05, 0.1) is 0 Å². The number of likely N-dealkylation sites (tertiary alicyclic amines) is 1. The number of halogens is 1. The van der Waals surface area contributed by atoms with Crippen LogP contribution in [0, 0.1) is 11.2 Å². The molecule has 2 unspecified atom stereocenters. The summed E-state index contributed by atoms with van der Waals surface area (Å²) in [5, 5.41) is 0. The largest absolute Gasteiger partial charge is 0.340 e. The molecule has 1 heterocycles. The highest BCUT2D eigenvalue weighted by atomic mass is 19.1. The van der Waals surface area contributed by atoms with Crippen LogP contribution in [0.15, 0.2) is 24.3 Å².